The van der Waals surface area contributed by atoms with Crippen LogP contribution in [0.3, 0.4) is 0 Å². The molecule has 0 radical (unpaired) electrons. The molecule has 1 aromatic heterocycles. The van der Waals surface area contributed by atoms with Gasteiger partial charge in [-0.15, -0.1) is 0 Å². The van der Waals surface area contributed by atoms with Gasteiger partial charge in [-0.1, -0.05) is 72.8 Å². The molecule has 0 amide bonds. The van der Waals surface area contributed by atoms with Crippen LogP contribution in [-0.2, 0) is 38.4 Å². The number of benzene rings is 4. The van der Waals surface area contributed by atoms with E-state index in [0.29, 0.717) is 28.2 Å². The van der Waals surface area contributed by atoms with Gasteiger partial charge in [0.05, 0.1) is 45.5 Å². The highest BCUT2D eigenvalue weighted by Crippen LogP contribution is 2.54. The first-order valence-corrected chi connectivity index (χ1v) is 22.9. The summed E-state index contributed by atoms with van der Waals surface area (Å²) in [6.45, 7) is 9.48. The van der Waals surface area contributed by atoms with Gasteiger partial charge in [-0.3, -0.25) is 19.1 Å². The molecule has 1 saturated heterocycles. The van der Waals surface area contributed by atoms with Gasteiger partial charge in [-0.25, -0.2) is 14.3 Å². The Morgan fingerprint density at radius 1 is 0.851 bits per heavy atom. The molecule has 354 valence electrons. The molecule has 0 aliphatic carbocycles. The number of H-pyrrole nitrogens is 1. The molecule has 2 heterocycles. The Hall–Kier alpha value is -6.18. The first-order chi connectivity index (χ1) is 32.2. The van der Waals surface area contributed by atoms with Gasteiger partial charge in [-0.05, 0) is 87.7 Å². The molecule has 17 heteroatoms. The molecular formula is C50H57N4O12P. The van der Waals surface area contributed by atoms with Crippen molar-refractivity contribution in [2.75, 3.05) is 34.0 Å². The third kappa shape index (κ3) is 11.3. The largest absolute Gasteiger partial charge is 0.497 e. The molecule has 5 atom stereocenters. The van der Waals surface area contributed by atoms with Crippen molar-refractivity contribution >= 4 is 20.5 Å². The second kappa shape index (κ2) is 22.5. The fourth-order valence-corrected chi connectivity index (χ4v) is 9.91. The Kier molecular flexibility index (Phi) is 16.9. The predicted octanol–water partition coefficient (Wildman–Crippen LogP) is 7.59. The molecule has 0 bridgehead atoms. The number of aryl methyl sites for hydroxylation is 1. The van der Waals surface area contributed by atoms with Gasteiger partial charge in [-0.2, -0.15) is 5.26 Å². The molecule has 1 unspecified atom stereocenters. The molecule has 1 aliphatic heterocycles. The number of rotatable bonds is 21. The second-order valence-electron chi connectivity index (χ2n) is 16.4. The van der Waals surface area contributed by atoms with E-state index in [4.69, 9.17) is 37.5 Å². The Labute approximate surface area is 391 Å². The lowest BCUT2D eigenvalue weighted by atomic mass is 9.79. The molecule has 5 aromatic rings. The Bertz CT molecular complexity index is 2530. The summed E-state index contributed by atoms with van der Waals surface area (Å²) in [6, 6.07) is 34.3. The number of esters is 2. The fraction of sp³-hybridized carbons (Fsp3) is 0.380. The van der Waals surface area contributed by atoms with Crippen molar-refractivity contribution in [3.05, 3.63) is 164 Å². The SMILES string of the molecule is COc1ccc(C(OC[C@@]2(COC(=O)c3ccccc3)O[C@@H](n3cc(C)c(=O)[nH]c3=O)[C@H](OC(C)=O)[C@H]2OP(OCCC#N)N(C(C)C)C(C)C)(c2ccccc2)c2ccc(OC)cc2)cc1. The fourth-order valence-electron chi connectivity index (χ4n) is 8.10. The van der Waals surface area contributed by atoms with Crippen molar-refractivity contribution in [3.8, 4) is 17.6 Å². The lowest BCUT2D eigenvalue weighted by molar-refractivity contribution is -0.176. The Morgan fingerprint density at radius 3 is 1.93 bits per heavy atom. The van der Waals surface area contributed by atoms with E-state index < -0.39 is 74.6 Å². The molecule has 1 fully saturated rings. The zero-order valence-electron chi connectivity index (χ0n) is 38.9. The summed E-state index contributed by atoms with van der Waals surface area (Å²) in [6.07, 6.45) is -3.10. The number of hydrogen-bond donors (Lipinski definition) is 1. The van der Waals surface area contributed by atoms with Gasteiger partial charge < -0.3 is 37.5 Å². The third-order valence-corrected chi connectivity index (χ3v) is 13.3. The highest BCUT2D eigenvalue weighted by Gasteiger charge is 2.62. The Morgan fingerprint density at radius 2 is 1.40 bits per heavy atom. The van der Waals surface area contributed by atoms with Crippen LogP contribution >= 0.6 is 8.53 Å². The van der Waals surface area contributed by atoms with Gasteiger partial charge in [0.1, 0.15) is 29.8 Å². The lowest BCUT2D eigenvalue weighted by Crippen LogP contribution is -2.54. The summed E-state index contributed by atoms with van der Waals surface area (Å²) in [4.78, 5) is 56.4. The molecule has 0 spiro atoms. The topological polar surface area (TPSA) is 190 Å². The lowest BCUT2D eigenvalue weighted by Gasteiger charge is -2.43. The standard InChI is InChI=1S/C50H57N4O12P/c1-33(2)54(34(3)4)67(63-29-15-28-51)66-44-43(64-36(6)55)46(53-30-35(5)45(56)52-48(53)58)65-49(44,31-61-47(57)37-16-11-9-12-17-37)32-62-50(38-18-13-10-14-19-38,39-20-24-41(59-7)25-21-39)40-22-26-42(60-8)27-23-40/h9-14,16-27,30,33-34,43-44,46H,15,29,31-32H2,1-8H3,(H,52,56,58)/t43-,44-,46-,49-,67?/m1/s1. The van der Waals surface area contributed by atoms with E-state index in [1.165, 1.54) is 20.0 Å². The first-order valence-electron chi connectivity index (χ1n) is 21.8. The summed E-state index contributed by atoms with van der Waals surface area (Å²) in [5.41, 5.74) is -2.55. The van der Waals surface area contributed by atoms with E-state index >= 15 is 0 Å². The van der Waals surface area contributed by atoms with Crippen molar-refractivity contribution in [2.24, 2.45) is 0 Å². The average Bonchev–Trinajstić information content (AvgIpc) is 3.61. The van der Waals surface area contributed by atoms with Crippen LogP contribution in [0, 0.1) is 18.3 Å². The highest BCUT2D eigenvalue weighted by molar-refractivity contribution is 7.44. The van der Waals surface area contributed by atoms with Crippen molar-refractivity contribution in [1.29, 1.82) is 5.26 Å². The van der Waals surface area contributed by atoms with Gasteiger partial charge in [0, 0.05) is 30.8 Å². The zero-order valence-corrected chi connectivity index (χ0v) is 39.8. The van der Waals surface area contributed by atoms with Crippen LogP contribution in [-0.4, -0.2) is 90.1 Å². The molecular weight excluding hydrogens is 880 g/mol. The van der Waals surface area contributed by atoms with E-state index in [1.54, 1.807) is 44.6 Å². The second-order valence-corrected chi connectivity index (χ2v) is 17.8. The Balaban J connectivity index is 1.65. The van der Waals surface area contributed by atoms with Gasteiger partial charge in [0.2, 0.25) is 0 Å². The summed E-state index contributed by atoms with van der Waals surface area (Å²) in [5, 5.41) is 9.58. The zero-order chi connectivity index (χ0) is 48.3. The van der Waals surface area contributed by atoms with E-state index in [1.807, 2.05) is 111 Å². The van der Waals surface area contributed by atoms with Gasteiger partial charge >= 0.3 is 17.6 Å². The average molecular weight is 937 g/mol. The third-order valence-electron chi connectivity index (χ3n) is 11.2. The number of aromatic amines is 1. The quantitative estimate of drug-likeness (QED) is 0.0328. The van der Waals surface area contributed by atoms with Gasteiger partial charge in [0.15, 0.2) is 17.9 Å². The molecule has 4 aromatic carbocycles. The molecule has 0 saturated carbocycles. The number of carbonyl (C=O) groups is 2. The van der Waals surface area contributed by atoms with Crippen molar-refractivity contribution in [2.45, 2.75) is 89.7 Å². The van der Waals surface area contributed by atoms with E-state index in [0.717, 1.165) is 4.57 Å². The van der Waals surface area contributed by atoms with Crippen LogP contribution in [0.5, 0.6) is 11.5 Å². The number of nitriles is 1. The van der Waals surface area contributed by atoms with Crippen LogP contribution in [0.2, 0.25) is 0 Å². The normalized spacial score (nSPS) is 18.7. The number of nitrogens with one attached hydrogen (secondary N) is 1. The van der Waals surface area contributed by atoms with Crippen molar-refractivity contribution < 1.29 is 47.1 Å². The number of ether oxygens (including phenoxy) is 6. The van der Waals surface area contributed by atoms with E-state index in [-0.39, 0.29) is 36.2 Å². The van der Waals surface area contributed by atoms with Crippen LogP contribution in [0.25, 0.3) is 0 Å². The first kappa shape index (κ1) is 50.2. The number of aromatic nitrogens is 2. The summed E-state index contributed by atoms with van der Waals surface area (Å²) >= 11 is 0. The minimum atomic E-state index is -2.15. The minimum Gasteiger partial charge on any atom is -0.497 e. The number of methoxy groups -OCH3 is 2. The summed E-state index contributed by atoms with van der Waals surface area (Å²) in [5.74, 6) is -0.287. The smallest absolute Gasteiger partial charge is 0.338 e. The van der Waals surface area contributed by atoms with Crippen LogP contribution in [0.15, 0.2) is 125 Å². The van der Waals surface area contributed by atoms with Crippen molar-refractivity contribution in [1.82, 2.24) is 14.2 Å². The summed E-state index contributed by atoms with van der Waals surface area (Å²) < 4.78 is 54.8. The van der Waals surface area contributed by atoms with Crippen LogP contribution in [0.4, 0.5) is 0 Å². The number of carbonyl (C=O) groups excluding carboxylic acids is 2. The van der Waals surface area contributed by atoms with Crippen molar-refractivity contribution in [3.63, 3.8) is 0 Å². The summed E-state index contributed by atoms with van der Waals surface area (Å²) in [7, 11) is 0.989. The molecule has 67 heavy (non-hydrogen) atoms. The van der Waals surface area contributed by atoms with Crippen LogP contribution < -0.4 is 20.7 Å². The molecule has 1 N–H and O–H groups in total. The number of nitrogens with zero attached hydrogens (tertiary/aromatic N) is 3. The maximum Gasteiger partial charge on any atom is 0.338 e. The maximum absolute atomic E-state index is 14.0. The molecule has 6 rings (SSSR count). The van der Waals surface area contributed by atoms with Crippen LogP contribution in [0.1, 0.15) is 79.9 Å². The van der Waals surface area contributed by atoms with E-state index in [2.05, 4.69) is 11.1 Å². The monoisotopic (exact) mass is 936 g/mol. The molecule has 1 aliphatic rings. The highest BCUT2D eigenvalue weighted by atomic mass is 31.2. The minimum absolute atomic E-state index is 0.0233. The maximum atomic E-state index is 14.0. The number of hydrogen-bond acceptors (Lipinski definition) is 14. The predicted molar refractivity (Wildman–Crippen MR) is 250 cm³/mol. The van der Waals surface area contributed by atoms with Gasteiger partial charge in [0.25, 0.3) is 14.1 Å². The molecule has 16 nitrogen and oxygen atoms in total. The van der Waals surface area contributed by atoms with E-state index in [9.17, 15) is 24.4 Å².